The van der Waals surface area contributed by atoms with Gasteiger partial charge in [0.1, 0.15) is 12.4 Å². The largest absolute Gasteiger partial charge is 0.480 e. The maximum atomic E-state index is 12.7. The number of aliphatic carboxylic acids is 1. The van der Waals surface area contributed by atoms with E-state index in [9.17, 15) is 14.7 Å². The predicted molar refractivity (Wildman–Crippen MR) is 87.2 cm³/mol. The Morgan fingerprint density at radius 3 is 2.72 bits per heavy atom. The number of hydrogen-bond donors (Lipinski definition) is 1. The minimum absolute atomic E-state index is 0.0296. The zero-order valence-electron chi connectivity index (χ0n) is 12.9. The molecule has 3 heterocycles. The molecule has 1 N–H and O–H groups in total. The number of carboxylic acid groups (broad SMARTS) is 1. The van der Waals surface area contributed by atoms with Crippen molar-refractivity contribution in [2.75, 3.05) is 0 Å². The molecule has 0 aliphatic rings. The van der Waals surface area contributed by atoms with Gasteiger partial charge in [-0.3, -0.25) is 9.36 Å². The maximum Gasteiger partial charge on any atom is 0.327 e. The van der Waals surface area contributed by atoms with Gasteiger partial charge >= 0.3 is 5.97 Å². The van der Waals surface area contributed by atoms with Crippen LogP contribution >= 0.6 is 0 Å². The van der Waals surface area contributed by atoms with Crippen molar-refractivity contribution in [2.45, 2.75) is 12.5 Å². The molecule has 1 aromatic carbocycles. The quantitative estimate of drug-likeness (QED) is 0.583. The molecule has 9 heteroatoms. The molecule has 25 heavy (non-hydrogen) atoms. The summed E-state index contributed by atoms with van der Waals surface area (Å²) >= 11 is 0. The number of rotatable bonds is 4. The average molecular weight is 336 g/mol. The summed E-state index contributed by atoms with van der Waals surface area (Å²) in [7, 11) is 0. The van der Waals surface area contributed by atoms with Crippen LogP contribution in [0.1, 0.15) is 11.6 Å². The third-order valence-corrected chi connectivity index (χ3v) is 3.92. The molecule has 1 unspecified atom stereocenters. The summed E-state index contributed by atoms with van der Waals surface area (Å²) in [6, 6.07) is 9.63. The molecule has 0 saturated carbocycles. The molecule has 0 saturated heterocycles. The second-order valence-electron chi connectivity index (χ2n) is 5.47. The first kappa shape index (κ1) is 14.9. The lowest BCUT2D eigenvalue weighted by atomic mass is 10.1. The van der Waals surface area contributed by atoms with Crippen LogP contribution in [0.2, 0.25) is 0 Å². The van der Waals surface area contributed by atoms with Crippen LogP contribution in [0.5, 0.6) is 0 Å². The van der Waals surface area contributed by atoms with Crippen molar-refractivity contribution >= 4 is 22.8 Å². The highest BCUT2D eigenvalue weighted by molar-refractivity contribution is 5.74. The summed E-state index contributed by atoms with van der Waals surface area (Å²) < 4.78 is 2.46. The Labute approximate surface area is 140 Å². The second-order valence-corrected chi connectivity index (χ2v) is 5.47. The van der Waals surface area contributed by atoms with Gasteiger partial charge in [0.2, 0.25) is 0 Å². The fourth-order valence-electron chi connectivity index (χ4n) is 2.69. The molecular formula is C16H12N6O3. The van der Waals surface area contributed by atoms with Crippen LogP contribution in [0.3, 0.4) is 0 Å². The SMILES string of the molecule is O=C(O)C(Cc1ccccc1)n1cnc2c(nnc3ccnn32)c1=O. The number of hydrogen-bond acceptors (Lipinski definition) is 6. The van der Waals surface area contributed by atoms with E-state index in [0.717, 1.165) is 10.1 Å². The molecule has 0 fully saturated rings. The summed E-state index contributed by atoms with van der Waals surface area (Å²) in [6.45, 7) is 0. The minimum atomic E-state index is -1.12. The minimum Gasteiger partial charge on any atom is -0.480 e. The van der Waals surface area contributed by atoms with Gasteiger partial charge in [-0.05, 0) is 5.56 Å². The number of carboxylic acids is 1. The lowest BCUT2D eigenvalue weighted by Gasteiger charge is -2.15. The first-order chi connectivity index (χ1) is 12.1. The molecule has 3 aromatic heterocycles. The number of nitrogens with zero attached hydrogens (tertiary/aromatic N) is 6. The van der Waals surface area contributed by atoms with Crippen LogP contribution in [0.15, 0.2) is 53.7 Å². The van der Waals surface area contributed by atoms with Crippen molar-refractivity contribution in [3.8, 4) is 0 Å². The Morgan fingerprint density at radius 1 is 1.16 bits per heavy atom. The van der Waals surface area contributed by atoms with Crippen molar-refractivity contribution in [3.63, 3.8) is 0 Å². The summed E-state index contributed by atoms with van der Waals surface area (Å²) in [4.78, 5) is 28.7. The van der Waals surface area contributed by atoms with Crippen LogP contribution in [0.25, 0.3) is 16.8 Å². The highest BCUT2D eigenvalue weighted by Crippen LogP contribution is 2.14. The standard InChI is InChI=1S/C16H12N6O3/c23-15-13-14(22-12(19-20-13)6-7-18-22)17-9-21(15)11(16(24)25)8-10-4-2-1-3-5-10/h1-7,9,11H,8H2,(H,24,25). The molecule has 124 valence electrons. The molecule has 0 bridgehead atoms. The van der Waals surface area contributed by atoms with Crippen LogP contribution in [0, 0.1) is 0 Å². The molecule has 4 aromatic rings. The van der Waals surface area contributed by atoms with E-state index in [1.54, 1.807) is 6.07 Å². The molecule has 0 aliphatic carbocycles. The first-order valence-electron chi connectivity index (χ1n) is 7.49. The van der Waals surface area contributed by atoms with E-state index < -0.39 is 17.6 Å². The highest BCUT2D eigenvalue weighted by atomic mass is 16.4. The van der Waals surface area contributed by atoms with Crippen LogP contribution in [0.4, 0.5) is 0 Å². The van der Waals surface area contributed by atoms with Gasteiger partial charge in [-0.1, -0.05) is 30.3 Å². The normalized spacial score (nSPS) is 12.5. The zero-order chi connectivity index (χ0) is 17.4. The van der Waals surface area contributed by atoms with E-state index in [-0.39, 0.29) is 17.6 Å². The monoisotopic (exact) mass is 336 g/mol. The molecule has 0 spiro atoms. The van der Waals surface area contributed by atoms with E-state index >= 15 is 0 Å². The molecule has 1 atom stereocenters. The number of fused-ring (bicyclic) bond motifs is 3. The van der Waals surface area contributed by atoms with E-state index in [2.05, 4.69) is 20.3 Å². The van der Waals surface area contributed by atoms with Crippen molar-refractivity contribution in [2.24, 2.45) is 0 Å². The Balaban J connectivity index is 1.86. The first-order valence-corrected chi connectivity index (χ1v) is 7.49. The van der Waals surface area contributed by atoms with Gasteiger partial charge < -0.3 is 5.11 Å². The molecular weight excluding hydrogens is 324 g/mol. The third-order valence-electron chi connectivity index (χ3n) is 3.92. The lowest BCUT2D eigenvalue weighted by molar-refractivity contribution is -0.141. The van der Waals surface area contributed by atoms with E-state index in [1.807, 2.05) is 30.3 Å². The fraction of sp³-hybridized carbons (Fsp3) is 0.125. The highest BCUT2D eigenvalue weighted by Gasteiger charge is 2.23. The van der Waals surface area contributed by atoms with Crippen LogP contribution in [-0.4, -0.2) is 40.4 Å². The zero-order valence-corrected chi connectivity index (χ0v) is 12.9. The van der Waals surface area contributed by atoms with Crippen LogP contribution < -0.4 is 5.56 Å². The van der Waals surface area contributed by atoms with E-state index in [1.165, 1.54) is 17.0 Å². The Bertz CT molecular complexity index is 1130. The van der Waals surface area contributed by atoms with Crippen LogP contribution in [-0.2, 0) is 11.2 Å². The molecule has 0 amide bonds. The van der Waals surface area contributed by atoms with Crippen molar-refractivity contribution < 1.29 is 9.90 Å². The Kier molecular flexibility index (Phi) is 3.46. The number of carbonyl (C=O) groups is 1. The second kappa shape index (κ2) is 5.78. The van der Waals surface area contributed by atoms with Gasteiger partial charge in [0, 0.05) is 12.5 Å². The van der Waals surface area contributed by atoms with Gasteiger partial charge in [0.05, 0.1) is 6.20 Å². The summed E-state index contributed by atoms with van der Waals surface area (Å²) in [5.74, 6) is -1.12. The summed E-state index contributed by atoms with van der Waals surface area (Å²) in [6.07, 6.45) is 2.89. The van der Waals surface area contributed by atoms with Gasteiger partial charge in [0.25, 0.3) is 5.56 Å². The maximum absolute atomic E-state index is 12.7. The van der Waals surface area contributed by atoms with E-state index in [4.69, 9.17) is 0 Å². The number of benzene rings is 1. The molecule has 9 nitrogen and oxygen atoms in total. The molecule has 0 aliphatic heterocycles. The van der Waals surface area contributed by atoms with Crippen molar-refractivity contribution in [1.82, 2.24) is 29.4 Å². The molecule has 4 rings (SSSR count). The topological polar surface area (TPSA) is 115 Å². The van der Waals surface area contributed by atoms with Crippen molar-refractivity contribution in [3.05, 3.63) is 64.8 Å². The molecule has 0 radical (unpaired) electrons. The average Bonchev–Trinajstić information content (AvgIpc) is 3.10. The van der Waals surface area contributed by atoms with Gasteiger partial charge in [0.15, 0.2) is 16.8 Å². The third kappa shape index (κ3) is 2.51. The fourth-order valence-corrected chi connectivity index (χ4v) is 2.69. The van der Waals surface area contributed by atoms with Gasteiger partial charge in [-0.2, -0.15) is 9.61 Å². The lowest BCUT2D eigenvalue weighted by Crippen LogP contribution is -2.32. The van der Waals surface area contributed by atoms with Gasteiger partial charge in [-0.25, -0.2) is 9.78 Å². The van der Waals surface area contributed by atoms with E-state index in [0.29, 0.717) is 5.65 Å². The van der Waals surface area contributed by atoms with Crippen molar-refractivity contribution in [1.29, 1.82) is 0 Å². The Hall–Kier alpha value is -3.62. The van der Waals surface area contributed by atoms with Gasteiger partial charge in [-0.15, -0.1) is 10.2 Å². The smallest absolute Gasteiger partial charge is 0.327 e. The summed E-state index contributed by atoms with van der Waals surface area (Å²) in [5, 5.41) is 21.4. The predicted octanol–water partition coefficient (Wildman–Crippen LogP) is 0.703. The number of aromatic nitrogens is 6. The Morgan fingerprint density at radius 2 is 1.96 bits per heavy atom. The summed E-state index contributed by atoms with van der Waals surface area (Å²) in [5.41, 5.74) is 0.892.